The molecule has 0 saturated heterocycles. The van der Waals surface area contributed by atoms with E-state index in [1.165, 1.54) is 0 Å². The summed E-state index contributed by atoms with van der Waals surface area (Å²) in [6.45, 7) is 13.1. The second-order valence-electron chi connectivity index (χ2n) is 16.1. The van der Waals surface area contributed by atoms with E-state index in [0.29, 0.717) is 0 Å². The molecule has 0 aliphatic carbocycles. The van der Waals surface area contributed by atoms with Gasteiger partial charge in [-0.05, 0) is 63.5 Å². The van der Waals surface area contributed by atoms with Gasteiger partial charge in [0, 0.05) is 49.3 Å². The smallest absolute Gasteiger partial charge is 0.135 e. The van der Waals surface area contributed by atoms with Crippen LogP contribution in [0.25, 0.3) is 50.1 Å². The summed E-state index contributed by atoms with van der Waals surface area (Å²) in [4.78, 5) is 7.07. The van der Waals surface area contributed by atoms with E-state index in [1.54, 1.807) is 0 Å². The Morgan fingerprint density at radius 3 is 1.93 bits per heavy atom. The van der Waals surface area contributed by atoms with Crippen molar-refractivity contribution in [1.29, 1.82) is 0 Å². The van der Waals surface area contributed by atoms with Crippen molar-refractivity contribution in [3.8, 4) is 44.9 Å². The van der Waals surface area contributed by atoms with Crippen LogP contribution in [-0.2, 0) is 31.9 Å². The molecule has 0 aliphatic heterocycles. The van der Waals surface area contributed by atoms with Crippen LogP contribution in [0.1, 0.15) is 52.7 Å². The topological polar surface area (TPSA) is 54.2 Å². The average Bonchev–Trinajstić information content (AvgIpc) is 3.58. The Balaban J connectivity index is 0.00000480. The van der Waals surface area contributed by atoms with E-state index < -0.39 is 0 Å². The van der Waals surface area contributed by atoms with E-state index in [2.05, 4.69) is 162 Å². The zero-order chi connectivity index (χ0) is 38.3. The molecule has 56 heavy (non-hydrogen) atoms. The number of phenols is 1. The second-order valence-corrected chi connectivity index (χ2v) is 16.1. The Bertz CT molecular complexity index is 2620. The minimum absolute atomic E-state index is 0. The Labute approximate surface area is 344 Å². The molecule has 0 amide bonds. The summed E-state index contributed by atoms with van der Waals surface area (Å²) in [5, 5.41) is 18.3. The van der Waals surface area contributed by atoms with E-state index in [0.717, 1.165) is 78.4 Å². The van der Waals surface area contributed by atoms with Crippen molar-refractivity contribution in [2.75, 3.05) is 4.90 Å². The fourth-order valence-electron chi connectivity index (χ4n) is 7.23. The molecule has 0 radical (unpaired) electrons. The van der Waals surface area contributed by atoms with Crippen molar-refractivity contribution in [3.05, 3.63) is 175 Å². The molecule has 8 aromatic rings. The maximum Gasteiger partial charge on any atom is 0.135 e. The minimum Gasteiger partial charge on any atom is -0.507 e. The van der Waals surface area contributed by atoms with Crippen LogP contribution in [0, 0.1) is 6.07 Å². The zero-order valence-electron chi connectivity index (χ0n) is 32.6. The van der Waals surface area contributed by atoms with Gasteiger partial charge in [-0.3, -0.25) is 4.68 Å². The van der Waals surface area contributed by atoms with Crippen LogP contribution in [-0.4, -0.2) is 19.9 Å². The molecule has 0 spiro atoms. The number of anilines is 3. The van der Waals surface area contributed by atoms with Crippen LogP contribution < -0.4 is 4.90 Å². The van der Waals surface area contributed by atoms with Gasteiger partial charge in [0.1, 0.15) is 17.3 Å². The van der Waals surface area contributed by atoms with Crippen molar-refractivity contribution < 1.29 is 26.2 Å². The molecule has 5 nitrogen and oxygen atoms in total. The molecule has 0 bridgehead atoms. The van der Waals surface area contributed by atoms with E-state index in [4.69, 9.17) is 10.1 Å². The first-order chi connectivity index (χ1) is 26.5. The quantitative estimate of drug-likeness (QED) is 0.162. The third-order valence-corrected chi connectivity index (χ3v) is 10.2. The van der Waals surface area contributed by atoms with Crippen molar-refractivity contribution in [2.24, 2.45) is 0 Å². The van der Waals surface area contributed by atoms with Gasteiger partial charge in [-0.15, -0.1) is 23.8 Å². The number of aromatic nitrogens is 3. The van der Waals surface area contributed by atoms with E-state index in [1.807, 2.05) is 53.3 Å². The summed E-state index contributed by atoms with van der Waals surface area (Å²) in [6.07, 6.45) is 1.83. The van der Waals surface area contributed by atoms with Crippen molar-refractivity contribution >= 4 is 28.1 Å². The molecule has 2 heterocycles. The van der Waals surface area contributed by atoms with Crippen LogP contribution >= 0.6 is 0 Å². The fraction of sp³-hybridized carbons (Fsp3) is 0.160. The van der Waals surface area contributed by atoms with E-state index in [-0.39, 0.29) is 37.6 Å². The van der Waals surface area contributed by atoms with Crippen molar-refractivity contribution in [3.63, 3.8) is 0 Å². The molecule has 6 aromatic carbocycles. The number of aromatic hydroxyl groups is 1. The van der Waals surface area contributed by atoms with Crippen molar-refractivity contribution in [2.45, 2.75) is 52.4 Å². The van der Waals surface area contributed by atoms with Crippen molar-refractivity contribution in [1.82, 2.24) is 14.8 Å². The van der Waals surface area contributed by atoms with Gasteiger partial charge in [0.25, 0.3) is 0 Å². The van der Waals surface area contributed by atoms with Crippen LogP contribution in [0.4, 0.5) is 17.2 Å². The Morgan fingerprint density at radius 2 is 1.25 bits per heavy atom. The third-order valence-electron chi connectivity index (χ3n) is 10.2. The van der Waals surface area contributed by atoms with Gasteiger partial charge in [-0.25, -0.2) is 4.98 Å². The third kappa shape index (κ3) is 7.44. The number of hydrogen-bond acceptors (Lipinski definition) is 4. The van der Waals surface area contributed by atoms with Gasteiger partial charge in [-0.1, -0.05) is 156 Å². The molecule has 0 aliphatic rings. The number of phenolic OH excluding ortho intramolecular Hbond substituents is 1. The van der Waals surface area contributed by atoms with Gasteiger partial charge < -0.3 is 10.0 Å². The van der Waals surface area contributed by atoms with E-state index >= 15 is 0 Å². The summed E-state index contributed by atoms with van der Waals surface area (Å²) in [7, 11) is 0. The number of fused-ring (bicyclic) bond motifs is 1. The Hall–Kier alpha value is -5.77. The van der Waals surface area contributed by atoms with Gasteiger partial charge in [0.2, 0.25) is 0 Å². The molecule has 0 unspecified atom stereocenters. The predicted octanol–water partition coefficient (Wildman–Crippen LogP) is 13.0. The molecule has 2 aromatic heterocycles. The largest absolute Gasteiger partial charge is 0.507 e. The number of pyridine rings is 1. The normalized spacial score (nSPS) is 11.7. The molecule has 0 fully saturated rings. The van der Waals surface area contributed by atoms with Gasteiger partial charge >= 0.3 is 0 Å². The molecule has 282 valence electrons. The fourth-order valence-corrected chi connectivity index (χ4v) is 7.23. The summed E-state index contributed by atoms with van der Waals surface area (Å²) in [5.41, 5.74) is 10.8. The van der Waals surface area contributed by atoms with Crippen LogP contribution in [0.5, 0.6) is 5.75 Å². The van der Waals surface area contributed by atoms with Gasteiger partial charge in [-0.2, -0.15) is 5.10 Å². The first kappa shape index (κ1) is 38.5. The first-order valence-electron chi connectivity index (χ1n) is 18.8. The number of rotatable bonds is 7. The van der Waals surface area contributed by atoms with E-state index in [9.17, 15) is 5.11 Å². The average molecular weight is 913 g/mol. The van der Waals surface area contributed by atoms with Crippen LogP contribution in [0.3, 0.4) is 0 Å². The predicted molar refractivity (Wildman–Crippen MR) is 228 cm³/mol. The monoisotopic (exact) mass is 912 g/mol. The van der Waals surface area contributed by atoms with Gasteiger partial charge in [0.15, 0.2) is 0 Å². The molecular formula is C50H45N4OPt-. The molecule has 0 atom stereocenters. The number of nitrogens with zero attached hydrogens (tertiary/aromatic N) is 4. The number of benzene rings is 6. The molecule has 0 saturated carbocycles. The summed E-state index contributed by atoms with van der Waals surface area (Å²) >= 11 is 0. The van der Waals surface area contributed by atoms with Crippen LogP contribution in [0.2, 0.25) is 0 Å². The maximum atomic E-state index is 12.0. The number of para-hydroxylation sites is 2. The minimum atomic E-state index is -0.282. The summed E-state index contributed by atoms with van der Waals surface area (Å²) < 4.78 is 1.97. The molecule has 1 N–H and O–H groups in total. The zero-order valence-corrected chi connectivity index (χ0v) is 34.8. The Kier molecular flexibility index (Phi) is 10.6. The van der Waals surface area contributed by atoms with Gasteiger partial charge in [0.05, 0.1) is 11.2 Å². The molecular weight excluding hydrogens is 868 g/mol. The second kappa shape index (κ2) is 15.4. The first-order valence-corrected chi connectivity index (χ1v) is 18.8. The summed E-state index contributed by atoms with van der Waals surface area (Å²) in [5.74, 6) is 1.03. The van der Waals surface area contributed by atoms with Crippen LogP contribution in [0.15, 0.2) is 158 Å². The standard InChI is InChI=1S/C50H45N4O.Pt/c1-49(2,3)37-31-42(48(55)43(32-37)50(4,5)6)47-41-24-14-16-26-45(41)54(52-47)39-30-36(34-19-9-7-10-20-34)29-38(33-39)53(46-27-17-18-28-51-46)44-25-15-13-23-40(44)35-21-11-8-12-22-35;/h7-32,55H,1-6H3;/q-1;. The Morgan fingerprint density at radius 1 is 0.607 bits per heavy atom. The SMILES string of the molecule is CC(C)(C)c1cc(-c2nn(-c3[c-]c(N(c4ccccn4)c4ccccc4-c4ccccc4)cc(-c4ccccc4)c3)c3ccccc23)c(O)c(C(C)(C)C)c1.[Pt]. The molecule has 8 rings (SSSR count). The summed E-state index contributed by atoms with van der Waals surface area (Å²) in [6, 6.07) is 55.9. The maximum absolute atomic E-state index is 12.0. The number of hydrogen-bond donors (Lipinski definition) is 1. The molecule has 6 heteroatoms.